The van der Waals surface area contributed by atoms with Crippen LogP contribution in [0.4, 0.5) is 0 Å². The zero-order valence-corrected chi connectivity index (χ0v) is 11.3. The molecule has 1 aromatic rings. The second kappa shape index (κ2) is 6.21. The third-order valence-corrected chi connectivity index (χ3v) is 3.68. The van der Waals surface area contributed by atoms with Crippen molar-refractivity contribution in [2.75, 3.05) is 6.54 Å². The van der Waals surface area contributed by atoms with Gasteiger partial charge < -0.3 is 10.6 Å². The van der Waals surface area contributed by atoms with E-state index in [2.05, 4.69) is 17.6 Å². The topological polar surface area (TPSA) is 41.1 Å². The van der Waals surface area contributed by atoms with Gasteiger partial charge in [-0.05, 0) is 43.0 Å². The smallest absolute Gasteiger partial charge is 0.237 e. The first-order valence-electron chi connectivity index (χ1n) is 6.42. The molecule has 0 saturated carbocycles. The lowest BCUT2D eigenvalue weighted by Gasteiger charge is -2.28. The SMILES string of the molecule is CC1CCCNC1C(=O)NCc1ccc(Cl)cc1. The van der Waals surface area contributed by atoms with Crippen LogP contribution in [0.2, 0.25) is 5.02 Å². The highest BCUT2D eigenvalue weighted by Gasteiger charge is 2.26. The van der Waals surface area contributed by atoms with E-state index in [1.54, 1.807) is 0 Å². The number of nitrogens with one attached hydrogen (secondary N) is 2. The van der Waals surface area contributed by atoms with Crippen molar-refractivity contribution < 1.29 is 4.79 Å². The fourth-order valence-electron chi connectivity index (χ4n) is 2.30. The summed E-state index contributed by atoms with van der Waals surface area (Å²) in [5.74, 6) is 0.501. The van der Waals surface area contributed by atoms with Crippen molar-refractivity contribution in [2.45, 2.75) is 32.4 Å². The maximum Gasteiger partial charge on any atom is 0.237 e. The summed E-state index contributed by atoms with van der Waals surface area (Å²) in [4.78, 5) is 12.0. The summed E-state index contributed by atoms with van der Waals surface area (Å²) < 4.78 is 0. The minimum absolute atomic E-state index is 0.0500. The van der Waals surface area contributed by atoms with Crippen molar-refractivity contribution in [3.05, 3.63) is 34.9 Å². The first-order valence-corrected chi connectivity index (χ1v) is 6.80. The Kier molecular flexibility index (Phi) is 4.61. The number of carbonyl (C=O) groups excluding carboxylic acids is 1. The summed E-state index contributed by atoms with van der Waals surface area (Å²) in [5, 5.41) is 6.97. The van der Waals surface area contributed by atoms with Gasteiger partial charge in [0, 0.05) is 11.6 Å². The molecule has 0 bridgehead atoms. The third kappa shape index (κ3) is 3.47. The molecule has 3 nitrogen and oxygen atoms in total. The standard InChI is InChI=1S/C14H19ClN2O/c1-10-3-2-8-16-13(10)14(18)17-9-11-4-6-12(15)7-5-11/h4-7,10,13,16H,2-3,8-9H2,1H3,(H,17,18). The lowest BCUT2D eigenvalue weighted by atomic mass is 9.92. The van der Waals surface area contributed by atoms with Gasteiger partial charge in [-0.1, -0.05) is 30.7 Å². The van der Waals surface area contributed by atoms with E-state index >= 15 is 0 Å². The minimum atomic E-state index is -0.0500. The van der Waals surface area contributed by atoms with Gasteiger partial charge in [0.1, 0.15) is 0 Å². The Morgan fingerprint density at radius 2 is 2.17 bits per heavy atom. The van der Waals surface area contributed by atoms with E-state index in [0.717, 1.165) is 24.9 Å². The molecule has 2 atom stereocenters. The highest BCUT2D eigenvalue weighted by Crippen LogP contribution is 2.15. The van der Waals surface area contributed by atoms with Crippen LogP contribution >= 0.6 is 11.6 Å². The molecule has 1 saturated heterocycles. The van der Waals surface area contributed by atoms with E-state index in [4.69, 9.17) is 11.6 Å². The number of hydrogen-bond donors (Lipinski definition) is 2. The molecule has 1 amide bonds. The summed E-state index contributed by atoms with van der Waals surface area (Å²) in [5.41, 5.74) is 1.07. The Labute approximate surface area is 113 Å². The van der Waals surface area contributed by atoms with Crippen molar-refractivity contribution in [3.8, 4) is 0 Å². The van der Waals surface area contributed by atoms with Crippen LogP contribution in [-0.4, -0.2) is 18.5 Å². The van der Waals surface area contributed by atoms with E-state index in [0.29, 0.717) is 17.5 Å². The molecular weight excluding hydrogens is 248 g/mol. The molecule has 18 heavy (non-hydrogen) atoms. The van der Waals surface area contributed by atoms with Crippen LogP contribution in [0.3, 0.4) is 0 Å². The van der Waals surface area contributed by atoms with Gasteiger partial charge in [-0.3, -0.25) is 4.79 Å². The van der Waals surface area contributed by atoms with E-state index in [9.17, 15) is 4.79 Å². The maximum absolute atomic E-state index is 12.0. The zero-order valence-electron chi connectivity index (χ0n) is 10.6. The van der Waals surface area contributed by atoms with Crippen LogP contribution in [-0.2, 0) is 11.3 Å². The molecule has 1 aliphatic heterocycles. The third-order valence-electron chi connectivity index (χ3n) is 3.43. The van der Waals surface area contributed by atoms with E-state index in [-0.39, 0.29) is 11.9 Å². The Bertz CT molecular complexity index is 405. The Morgan fingerprint density at radius 3 is 2.83 bits per heavy atom. The predicted octanol–water partition coefficient (Wildman–Crippen LogP) is 2.34. The number of piperidine rings is 1. The number of carbonyl (C=O) groups is 1. The fourth-order valence-corrected chi connectivity index (χ4v) is 2.43. The molecule has 0 radical (unpaired) electrons. The van der Waals surface area contributed by atoms with Gasteiger partial charge in [-0.2, -0.15) is 0 Å². The van der Waals surface area contributed by atoms with Crippen LogP contribution in [0.25, 0.3) is 0 Å². The predicted molar refractivity (Wildman–Crippen MR) is 73.5 cm³/mol. The van der Waals surface area contributed by atoms with Crippen molar-refractivity contribution >= 4 is 17.5 Å². The summed E-state index contributed by atoms with van der Waals surface area (Å²) in [6, 6.07) is 7.49. The summed E-state index contributed by atoms with van der Waals surface area (Å²) in [7, 11) is 0. The van der Waals surface area contributed by atoms with E-state index in [1.807, 2.05) is 24.3 Å². The van der Waals surface area contributed by atoms with Crippen molar-refractivity contribution in [2.24, 2.45) is 5.92 Å². The maximum atomic E-state index is 12.0. The Balaban J connectivity index is 1.85. The number of halogens is 1. The first kappa shape index (κ1) is 13.4. The molecule has 1 aliphatic rings. The highest BCUT2D eigenvalue weighted by molar-refractivity contribution is 6.30. The summed E-state index contributed by atoms with van der Waals surface area (Å²) >= 11 is 5.82. The molecule has 2 N–H and O–H groups in total. The van der Waals surface area contributed by atoms with Crippen molar-refractivity contribution in [1.29, 1.82) is 0 Å². The molecule has 0 spiro atoms. The van der Waals surface area contributed by atoms with Crippen LogP contribution in [0.15, 0.2) is 24.3 Å². The molecule has 1 heterocycles. The number of rotatable bonds is 3. The van der Waals surface area contributed by atoms with Crippen LogP contribution in [0, 0.1) is 5.92 Å². The molecular formula is C14H19ClN2O. The van der Waals surface area contributed by atoms with Gasteiger partial charge in [0.15, 0.2) is 0 Å². The second-order valence-corrected chi connectivity index (χ2v) is 5.33. The Hall–Kier alpha value is -1.06. The zero-order chi connectivity index (χ0) is 13.0. The molecule has 0 aliphatic carbocycles. The van der Waals surface area contributed by atoms with Gasteiger partial charge in [0.2, 0.25) is 5.91 Å². The minimum Gasteiger partial charge on any atom is -0.351 e. The van der Waals surface area contributed by atoms with Gasteiger partial charge in [0.25, 0.3) is 0 Å². The normalized spacial score (nSPS) is 23.7. The monoisotopic (exact) mass is 266 g/mol. The van der Waals surface area contributed by atoms with Gasteiger partial charge in [0.05, 0.1) is 6.04 Å². The van der Waals surface area contributed by atoms with Crippen molar-refractivity contribution in [1.82, 2.24) is 10.6 Å². The largest absolute Gasteiger partial charge is 0.351 e. The molecule has 1 aromatic carbocycles. The lowest BCUT2D eigenvalue weighted by Crippen LogP contribution is -2.50. The number of amides is 1. The molecule has 4 heteroatoms. The number of hydrogen-bond acceptors (Lipinski definition) is 2. The second-order valence-electron chi connectivity index (χ2n) is 4.90. The fraction of sp³-hybridized carbons (Fsp3) is 0.500. The highest BCUT2D eigenvalue weighted by atomic mass is 35.5. The van der Waals surface area contributed by atoms with Crippen LogP contribution < -0.4 is 10.6 Å². The summed E-state index contributed by atoms with van der Waals surface area (Å²) in [6.07, 6.45) is 2.27. The lowest BCUT2D eigenvalue weighted by molar-refractivity contribution is -0.125. The molecule has 2 rings (SSSR count). The quantitative estimate of drug-likeness (QED) is 0.882. The van der Waals surface area contributed by atoms with Gasteiger partial charge in [-0.25, -0.2) is 0 Å². The first-order chi connectivity index (χ1) is 8.66. The van der Waals surface area contributed by atoms with Crippen LogP contribution in [0.5, 0.6) is 0 Å². The van der Waals surface area contributed by atoms with Gasteiger partial charge >= 0.3 is 0 Å². The van der Waals surface area contributed by atoms with E-state index in [1.165, 1.54) is 0 Å². The molecule has 2 unspecified atom stereocenters. The molecule has 0 aromatic heterocycles. The Morgan fingerprint density at radius 1 is 1.44 bits per heavy atom. The summed E-state index contributed by atoms with van der Waals surface area (Å²) in [6.45, 7) is 3.61. The average molecular weight is 267 g/mol. The number of benzene rings is 1. The average Bonchev–Trinajstić information content (AvgIpc) is 2.38. The van der Waals surface area contributed by atoms with Gasteiger partial charge in [-0.15, -0.1) is 0 Å². The van der Waals surface area contributed by atoms with Crippen LogP contribution in [0.1, 0.15) is 25.3 Å². The van der Waals surface area contributed by atoms with Crippen molar-refractivity contribution in [3.63, 3.8) is 0 Å². The molecule has 1 fully saturated rings. The molecule has 98 valence electrons. The van der Waals surface area contributed by atoms with E-state index < -0.39 is 0 Å².